The van der Waals surface area contributed by atoms with Gasteiger partial charge in [-0.25, -0.2) is 4.79 Å². The van der Waals surface area contributed by atoms with Crippen molar-refractivity contribution in [3.05, 3.63) is 54.5 Å². The number of carboxylic acid groups (broad SMARTS) is 1. The van der Waals surface area contributed by atoms with Crippen LogP contribution in [0, 0.1) is 6.92 Å². The van der Waals surface area contributed by atoms with Gasteiger partial charge in [-0.3, -0.25) is 4.98 Å². The largest absolute Gasteiger partial charge is 0.478 e. The van der Waals surface area contributed by atoms with E-state index in [1.54, 1.807) is 31.5 Å². The molecule has 92 valence electrons. The second-order valence-corrected chi connectivity index (χ2v) is 3.97. The maximum Gasteiger partial charge on any atom is 0.337 e. The number of allylic oxidation sites excluding steroid dienone is 1. The van der Waals surface area contributed by atoms with E-state index >= 15 is 0 Å². The number of nitrogens with zero attached hydrogens (tertiary/aromatic N) is 2. The highest BCUT2D eigenvalue weighted by Crippen LogP contribution is 2.25. The Hall–Kier alpha value is -2.36. The minimum Gasteiger partial charge on any atom is -0.478 e. The smallest absolute Gasteiger partial charge is 0.337 e. The van der Waals surface area contributed by atoms with Crippen LogP contribution in [0.2, 0.25) is 0 Å². The Bertz CT molecular complexity index is 585. The molecule has 18 heavy (non-hydrogen) atoms. The molecule has 2 aromatic rings. The fourth-order valence-electron chi connectivity index (χ4n) is 1.99. The van der Waals surface area contributed by atoms with E-state index in [0.29, 0.717) is 12.1 Å². The van der Waals surface area contributed by atoms with E-state index in [1.165, 1.54) is 0 Å². The maximum absolute atomic E-state index is 11.2. The van der Waals surface area contributed by atoms with Crippen LogP contribution in [0.25, 0.3) is 11.3 Å². The van der Waals surface area contributed by atoms with Crippen LogP contribution in [-0.4, -0.2) is 20.6 Å². The molecular weight excluding hydrogens is 228 g/mol. The minimum atomic E-state index is -0.911. The highest BCUT2D eigenvalue weighted by atomic mass is 16.4. The Kier molecular flexibility index (Phi) is 3.28. The first-order chi connectivity index (χ1) is 8.65. The molecule has 1 N–H and O–H groups in total. The van der Waals surface area contributed by atoms with E-state index in [0.717, 1.165) is 17.0 Å². The monoisotopic (exact) mass is 242 g/mol. The summed E-state index contributed by atoms with van der Waals surface area (Å²) in [5.74, 6) is -0.911. The predicted octanol–water partition coefficient (Wildman–Crippen LogP) is 2.74. The van der Waals surface area contributed by atoms with Gasteiger partial charge < -0.3 is 9.67 Å². The first kappa shape index (κ1) is 12.1. The molecule has 0 unspecified atom stereocenters. The van der Waals surface area contributed by atoms with Crippen molar-refractivity contribution >= 4 is 5.97 Å². The van der Waals surface area contributed by atoms with Gasteiger partial charge in [0.2, 0.25) is 0 Å². The summed E-state index contributed by atoms with van der Waals surface area (Å²) in [6, 6.07) is 5.41. The van der Waals surface area contributed by atoms with Gasteiger partial charge in [-0.2, -0.15) is 0 Å². The summed E-state index contributed by atoms with van der Waals surface area (Å²) in [7, 11) is 0. The van der Waals surface area contributed by atoms with Crippen molar-refractivity contribution in [2.24, 2.45) is 0 Å². The van der Waals surface area contributed by atoms with Crippen LogP contribution in [-0.2, 0) is 6.54 Å². The van der Waals surface area contributed by atoms with E-state index in [9.17, 15) is 4.79 Å². The zero-order valence-corrected chi connectivity index (χ0v) is 10.1. The zero-order chi connectivity index (χ0) is 13.1. The van der Waals surface area contributed by atoms with Gasteiger partial charge in [-0.05, 0) is 25.1 Å². The van der Waals surface area contributed by atoms with Crippen molar-refractivity contribution in [2.45, 2.75) is 13.5 Å². The molecule has 0 aliphatic heterocycles. The lowest BCUT2D eigenvalue weighted by Crippen LogP contribution is -2.03. The molecule has 0 fully saturated rings. The van der Waals surface area contributed by atoms with Crippen LogP contribution < -0.4 is 0 Å². The number of pyridine rings is 1. The van der Waals surface area contributed by atoms with Gasteiger partial charge in [-0.1, -0.05) is 6.08 Å². The first-order valence-electron chi connectivity index (χ1n) is 5.60. The van der Waals surface area contributed by atoms with Crippen LogP contribution in [0.4, 0.5) is 0 Å². The molecule has 0 radical (unpaired) electrons. The van der Waals surface area contributed by atoms with Gasteiger partial charge in [0.05, 0.1) is 5.56 Å². The number of hydrogen-bond donors (Lipinski definition) is 1. The topological polar surface area (TPSA) is 55.1 Å². The Morgan fingerprint density at radius 1 is 1.50 bits per heavy atom. The van der Waals surface area contributed by atoms with Crippen molar-refractivity contribution in [1.29, 1.82) is 0 Å². The highest BCUT2D eigenvalue weighted by Gasteiger charge is 2.16. The maximum atomic E-state index is 11.2. The molecule has 0 amide bonds. The van der Waals surface area contributed by atoms with Gasteiger partial charge in [0.25, 0.3) is 0 Å². The molecule has 0 spiro atoms. The van der Waals surface area contributed by atoms with E-state index < -0.39 is 5.97 Å². The normalized spacial score (nSPS) is 10.3. The molecule has 0 aliphatic rings. The molecule has 2 aromatic heterocycles. The highest BCUT2D eigenvalue weighted by molar-refractivity contribution is 5.91. The Labute approximate surface area is 105 Å². The van der Waals surface area contributed by atoms with Gasteiger partial charge in [0.1, 0.15) is 0 Å². The van der Waals surface area contributed by atoms with Crippen molar-refractivity contribution in [1.82, 2.24) is 9.55 Å². The number of carboxylic acids is 1. The van der Waals surface area contributed by atoms with E-state index in [4.69, 9.17) is 5.11 Å². The van der Waals surface area contributed by atoms with Crippen LogP contribution in [0.15, 0.2) is 43.2 Å². The number of aromatic carboxylic acids is 1. The molecular formula is C14H14N2O2. The molecule has 2 heterocycles. The predicted molar refractivity (Wildman–Crippen MR) is 69.6 cm³/mol. The van der Waals surface area contributed by atoms with Crippen LogP contribution >= 0.6 is 0 Å². The second-order valence-electron chi connectivity index (χ2n) is 3.97. The summed E-state index contributed by atoms with van der Waals surface area (Å²) in [4.78, 5) is 15.1. The fourth-order valence-corrected chi connectivity index (χ4v) is 1.99. The van der Waals surface area contributed by atoms with Gasteiger partial charge in [-0.15, -0.1) is 6.58 Å². The standard InChI is InChI=1S/C14H14N2O2/c1-3-8-16-10(2)12(14(17)18)9-13(16)11-4-6-15-7-5-11/h3-7,9H,1,8H2,2H3,(H,17,18). The summed E-state index contributed by atoms with van der Waals surface area (Å²) in [5, 5.41) is 9.17. The molecule has 0 atom stereocenters. The molecule has 0 saturated heterocycles. The SMILES string of the molecule is C=CCn1c(-c2ccncc2)cc(C(=O)O)c1C. The lowest BCUT2D eigenvalue weighted by atomic mass is 10.2. The number of aromatic nitrogens is 2. The van der Waals surface area contributed by atoms with E-state index in [1.807, 2.05) is 16.7 Å². The first-order valence-corrected chi connectivity index (χ1v) is 5.60. The number of hydrogen-bond acceptors (Lipinski definition) is 2. The summed E-state index contributed by atoms with van der Waals surface area (Å²) >= 11 is 0. The number of rotatable bonds is 4. The Morgan fingerprint density at radius 3 is 2.72 bits per heavy atom. The third kappa shape index (κ3) is 2.05. The summed E-state index contributed by atoms with van der Waals surface area (Å²) in [6.45, 7) is 6.09. The van der Waals surface area contributed by atoms with Crippen LogP contribution in [0.3, 0.4) is 0 Å². The van der Waals surface area contributed by atoms with Gasteiger partial charge in [0.15, 0.2) is 0 Å². The molecule has 0 aliphatic carbocycles. The van der Waals surface area contributed by atoms with Crippen molar-refractivity contribution in [2.75, 3.05) is 0 Å². The third-order valence-electron chi connectivity index (χ3n) is 2.88. The fraction of sp³-hybridized carbons (Fsp3) is 0.143. The molecule has 0 aromatic carbocycles. The number of carbonyl (C=O) groups is 1. The Balaban J connectivity index is 2.62. The summed E-state index contributed by atoms with van der Waals surface area (Å²) in [6.07, 6.45) is 5.13. The lowest BCUT2D eigenvalue weighted by molar-refractivity contribution is 0.0696. The van der Waals surface area contributed by atoms with E-state index in [2.05, 4.69) is 11.6 Å². The summed E-state index contributed by atoms with van der Waals surface area (Å²) in [5.41, 5.74) is 2.87. The molecule has 4 heteroatoms. The van der Waals surface area contributed by atoms with Crippen molar-refractivity contribution in [3.8, 4) is 11.3 Å². The average molecular weight is 242 g/mol. The van der Waals surface area contributed by atoms with Crippen molar-refractivity contribution in [3.63, 3.8) is 0 Å². The average Bonchev–Trinajstić information content (AvgIpc) is 2.69. The minimum absolute atomic E-state index is 0.323. The molecule has 0 saturated carbocycles. The van der Waals surface area contributed by atoms with Crippen molar-refractivity contribution < 1.29 is 9.90 Å². The van der Waals surface area contributed by atoms with Crippen LogP contribution in [0.1, 0.15) is 16.1 Å². The molecule has 4 nitrogen and oxygen atoms in total. The zero-order valence-electron chi connectivity index (χ0n) is 10.1. The molecule has 0 bridgehead atoms. The van der Waals surface area contributed by atoms with Crippen LogP contribution in [0.5, 0.6) is 0 Å². The summed E-state index contributed by atoms with van der Waals surface area (Å²) < 4.78 is 1.94. The second kappa shape index (κ2) is 4.87. The molecule has 2 rings (SSSR count). The van der Waals surface area contributed by atoms with Gasteiger partial charge in [0, 0.05) is 35.9 Å². The quantitative estimate of drug-likeness (QED) is 0.839. The van der Waals surface area contributed by atoms with Gasteiger partial charge >= 0.3 is 5.97 Å². The Morgan fingerprint density at radius 2 is 2.17 bits per heavy atom. The van der Waals surface area contributed by atoms with E-state index in [-0.39, 0.29) is 0 Å². The third-order valence-corrected chi connectivity index (χ3v) is 2.88. The lowest BCUT2D eigenvalue weighted by Gasteiger charge is -2.08.